The lowest BCUT2D eigenvalue weighted by Gasteiger charge is -2.33. The lowest BCUT2D eigenvalue weighted by molar-refractivity contribution is 0.540. The van der Waals surface area contributed by atoms with Crippen LogP contribution in [0.4, 0.5) is 4.39 Å². The van der Waals surface area contributed by atoms with Crippen LogP contribution < -0.4 is 0 Å². The molecule has 0 heterocycles. The highest BCUT2D eigenvalue weighted by atomic mass is 19.1. The maximum absolute atomic E-state index is 14.8. The number of fused-ring (bicyclic) bond motifs is 1. The van der Waals surface area contributed by atoms with E-state index < -0.39 is 0 Å². The Morgan fingerprint density at radius 2 is 1.57 bits per heavy atom. The van der Waals surface area contributed by atoms with Crippen LogP contribution in [0.5, 0.6) is 0 Å². The molecule has 0 fully saturated rings. The van der Waals surface area contributed by atoms with E-state index in [0.29, 0.717) is 5.56 Å². The van der Waals surface area contributed by atoms with Gasteiger partial charge in [0.25, 0.3) is 0 Å². The van der Waals surface area contributed by atoms with Crippen LogP contribution in [0.1, 0.15) is 64.8 Å². The number of aryl methyl sites for hydroxylation is 3. The molecule has 0 bridgehead atoms. The standard InChI is InChI=1S/C29H31F/c1-6-7-22-14-21(5)10-13-27(22)29(25-11-8-20(4)9-12-25)17-23-15-26(19(2)3)28(30)16-24(23)18-29/h8-16H,2,6-7,17-18H2,1,3-5H3. The third-order valence-electron chi connectivity index (χ3n) is 6.63. The molecule has 0 radical (unpaired) electrons. The fraction of sp³-hybridized carbons (Fsp3) is 0.310. The fourth-order valence-corrected chi connectivity index (χ4v) is 5.12. The molecule has 0 saturated heterocycles. The summed E-state index contributed by atoms with van der Waals surface area (Å²) in [6.45, 7) is 12.4. The monoisotopic (exact) mass is 398 g/mol. The van der Waals surface area contributed by atoms with Gasteiger partial charge in [0.15, 0.2) is 0 Å². The number of hydrogen-bond donors (Lipinski definition) is 0. The summed E-state index contributed by atoms with van der Waals surface area (Å²) in [6.07, 6.45) is 3.90. The number of hydrogen-bond acceptors (Lipinski definition) is 0. The second-order valence-corrected chi connectivity index (χ2v) is 9.09. The van der Waals surface area contributed by atoms with E-state index in [4.69, 9.17) is 0 Å². The lowest BCUT2D eigenvalue weighted by Crippen LogP contribution is -2.30. The molecule has 4 rings (SSSR count). The van der Waals surface area contributed by atoms with Crippen molar-refractivity contribution < 1.29 is 4.39 Å². The third-order valence-corrected chi connectivity index (χ3v) is 6.63. The fourth-order valence-electron chi connectivity index (χ4n) is 5.12. The van der Waals surface area contributed by atoms with Crippen LogP contribution >= 0.6 is 0 Å². The van der Waals surface area contributed by atoms with Crippen molar-refractivity contribution >= 4 is 5.57 Å². The van der Waals surface area contributed by atoms with Crippen LogP contribution in [-0.4, -0.2) is 0 Å². The highest BCUT2D eigenvalue weighted by Gasteiger charge is 2.42. The average Bonchev–Trinajstić information content (AvgIpc) is 3.07. The van der Waals surface area contributed by atoms with E-state index in [-0.39, 0.29) is 11.2 Å². The second kappa shape index (κ2) is 7.87. The molecule has 0 amide bonds. The molecule has 0 aromatic heterocycles. The van der Waals surface area contributed by atoms with Crippen molar-refractivity contribution in [3.8, 4) is 0 Å². The summed E-state index contributed by atoms with van der Waals surface area (Å²) < 4.78 is 14.8. The van der Waals surface area contributed by atoms with Gasteiger partial charge in [0.1, 0.15) is 5.82 Å². The van der Waals surface area contributed by atoms with Crippen LogP contribution in [0.15, 0.2) is 61.2 Å². The second-order valence-electron chi connectivity index (χ2n) is 9.09. The Labute approximate surface area is 180 Å². The highest BCUT2D eigenvalue weighted by molar-refractivity contribution is 5.65. The van der Waals surface area contributed by atoms with Crippen LogP contribution in [0, 0.1) is 19.7 Å². The Kier molecular flexibility index (Phi) is 5.40. The average molecular weight is 399 g/mol. The van der Waals surface area contributed by atoms with E-state index in [9.17, 15) is 4.39 Å². The minimum atomic E-state index is -0.158. The molecule has 0 saturated carbocycles. The molecule has 3 aromatic rings. The topological polar surface area (TPSA) is 0 Å². The molecule has 1 atom stereocenters. The first-order valence-corrected chi connectivity index (χ1v) is 11.0. The summed E-state index contributed by atoms with van der Waals surface area (Å²) in [5, 5.41) is 0. The normalized spacial score (nSPS) is 17.8. The Balaban J connectivity index is 1.93. The molecule has 0 N–H and O–H groups in total. The first-order chi connectivity index (χ1) is 14.3. The Hall–Kier alpha value is -2.67. The zero-order chi connectivity index (χ0) is 21.5. The lowest BCUT2D eigenvalue weighted by atomic mass is 9.70. The number of allylic oxidation sites excluding steroid dienone is 1. The first-order valence-electron chi connectivity index (χ1n) is 11.0. The zero-order valence-corrected chi connectivity index (χ0v) is 18.6. The molecule has 3 aromatic carbocycles. The Morgan fingerprint density at radius 3 is 2.20 bits per heavy atom. The summed E-state index contributed by atoms with van der Waals surface area (Å²) in [5.41, 5.74) is 10.3. The van der Waals surface area contributed by atoms with Crippen LogP contribution in [0.3, 0.4) is 0 Å². The van der Waals surface area contributed by atoms with E-state index >= 15 is 0 Å². The van der Waals surface area contributed by atoms with Gasteiger partial charge in [-0.15, -0.1) is 0 Å². The van der Waals surface area contributed by atoms with E-state index in [1.54, 1.807) is 6.07 Å². The number of halogens is 1. The molecular weight excluding hydrogens is 367 g/mol. The molecule has 0 spiro atoms. The molecule has 1 aliphatic rings. The van der Waals surface area contributed by atoms with Crippen LogP contribution in [0.2, 0.25) is 0 Å². The smallest absolute Gasteiger partial charge is 0.130 e. The molecule has 0 aliphatic heterocycles. The third kappa shape index (κ3) is 3.51. The summed E-state index contributed by atoms with van der Waals surface area (Å²) in [4.78, 5) is 0. The summed E-state index contributed by atoms with van der Waals surface area (Å²) in [7, 11) is 0. The van der Waals surface area contributed by atoms with Crippen molar-refractivity contribution in [1.82, 2.24) is 0 Å². The van der Waals surface area contributed by atoms with E-state index in [1.807, 2.05) is 13.0 Å². The number of benzene rings is 3. The predicted molar refractivity (Wildman–Crippen MR) is 126 cm³/mol. The molecule has 1 heteroatoms. The van der Waals surface area contributed by atoms with Crippen molar-refractivity contribution in [3.05, 3.63) is 112 Å². The van der Waals surface area contributed by atoms with Crippen molar-refractivity contribution in [1.29, 1.82) is 0 Å². The van der Waals surface area contributed by atoms with Gasteiger partial charge in [0, 0.05) is 11.0 Å². The van der Waals surface area contributed by atoms with E-state index in [0.717, 1.165) is 36.8 Å². The van der Waals surface area contributed by atoms with Crippen molar-refractivity contribution in [2.45, 2.75) is 58.8 Å². The summed E-state index contributed by atoms with van der Waals surface area (Å²) in [5.74, 6) is -0.154. The maximum atomic E-state index is 14.8. The molecule has 154 valence electrons. The SMILES string of the molecule is C=C(C)c1cc2c(cc1F)CC(c1ccc(C)cc1)(c1ccc(C)cc1CCC)C2. The van der Waals surface area contributed by atoms with Crippen molar-refractivity contribution in [2.24, 2.45) is 0 Å². The summed E-state index contributed by atoms with van der Waals surface area (Å²) >= 11 is 0. The van der Waals surface area contributed by atoms with Gasteiger partial charge in [0.05, 0.1) is 0 Å². The van der Waals surface area contributed by atoms with E-state index in [2.05, 4.69) is 69.8 Å². The highest BCUT2D eigenvalue weighted by Crippen LogP contribution is 2.47. The Bertz CT molecular complexity index is 1100. The maximum Gasteiger partial charge on any atom is 0.130 e. The largest absolute Gasteiger partial charge is 0.206 e. The minimum absolute atomic E-state index is 0.154. The van der Waals surface area contributed by atoms with E-state index in [1.165, 1.54) is 33.4 Å². The Morgan fingerprint density at radius 1 is 0.933 bits per heavy atom. The van der Waals surface area contributed by atoms with Crippen LogP contribution in [-0.2, 0) is 24.7 Å². The zero-order valence-electron chi connectivity index (χ0n) is 18.6. The molecule has 1 aliphatic carbocycles. The molecule has 0 nitrogen and oxygen atoms in total. The van der Waals surface area contributed by atoms with Gasteiger partial charge in [0.2, 0.25) is 0 Å². The van der Waals surface area contributed by atoms with Gasteiger partial charge in [-0.2, -0.15) is 0 Å². The van der Waals surface area contributed by atoms with Gasteiger partial charge in [-0.1, -0.05) is 73.5 Å². The quantitative estimate of drug-likeness (QED) is 0.417. The first kappa shape index (κ1) is 20.6. The molecule has 30 heavy (non-hydrogen) atoms. The predicted octanol–water partition coefficient (Wildman–Crippen LogP) is 7.51. The van der Waals surface area contributed by atoms with Crippen LogP contribution in [0.25, 0.3) is 5.57 Å². The van der Waals surface area contributed by atoms with Crippen molar-refractivity contribution in [2.75, 3.05) is 0 Å². The number of rotatable bonds is 5. The van der Waals surface area contributed by atoms with Gasteiger partial charge in [-0.25, -0.2) is 4.39 Å². The van der Waals surface area contributed by atoms with Gasteiger partial charge >= 0.3 is 0 Å². The summed E-state index contributed by atoms with van der Waals surface area (Å²) in [6, 6.07) is 19.6. The molecular formula is C29H31F. The van der Waals surface area contributed by atoms with Crippen molar-refractivity contribution in [3.63, 3.8) is 0 Å². The van der Waals surface area contributed by atoms with Gasteiger partial charge in [-0.05, 0) is 85.6 Å². The van der Waals surface area contributed by atoms with Gasteiger partial charge < -0.3 is 0 Å². The van der Waals surface area contributed by atoms with Gasteiger partial charge in [-0.3, -0.25) is 0 Å². The minimum Gasteiger partial charge on any atom is -0.206 e. The molecule has 1 unspecified atom stereocenters.